The minimum atomic E-state index is -2.98. The van der Waals surface area contributed by atoms with Crippen LogP contribution < -0.4 is 10.6 Å². The number of amides is 1. The van der Waals surface area contributed by atoms with Crippen LogP contribution >= 0.6 is 0 Å². The van der Waals surface area contributed by atoms with Gasteiger partial charge >= 0.3 is 0 Å². The molecule has 5 nitrogen and oxygen atoms in total. The third-order valence-electron chi connectivity index (χ3n) is 4.37. The van der Waals surface area contributed by atoms with Gasteiger partial charge in [0.05, 0.1) is 17.4 Å². The number of sulfone groups is 1. The first-order valence-corrected chi connectivity index (χ1v) is 9.10. The van der Waals surface area contributed by atoms with Crippen LogP contribution in [0.2, 0.25) is 0 Å². The monoisotopic (exact) mass is 308 g/mol. The number of benzene rings is 1. The lowest BCUT2D eigenvalue weighted by Crippen LogP contribution is -2.47. The second kappa shape index (κ2) is 5.42. The van der Waals surface area contributed by atoms with Crippen LogP contribution in [0.15, 0.2) is 24.3 Å². The van der Waals surface area contributed by atoms with E-state index in [0.717, 1.165) is 17.7 Å². The molecule has 3 rings (SSSR count). The van der Waals surface area contributed by atoms with E-state index in [1.807, 2.05) is 31.2 Å². The Morgan fingerprint density at radius 2 is 2.10 bits per heavy atom. The minimum Gasteiger partial charge on any atom is -0.352 e. The molecule has 6 heteroatoms. The Labute approximate surface area is 125 Å². The second-order valence-electron chi connectivity index (χ2n) is 5.95. The molecule has 0 radical (unpaired) electrons. The van der Waals surface area contributed by atoms with Gasteiger partial charge in [0.2, 0.25) is 5.91 Å². The van der Waals surface area contributed by atoms with Crippen LogP contribution in [0.4, 0.5) is 0 Å². The zero-order chi connectivity index (χ0) is 15.0. The summed E-state index contributed by atoms with van der Waals surface area (Å²) in [5.41, 5.74) is 2.18. The highest BCUT2D eigenvalue weighted by Crippen LogP contribution is 2.28. The molecule has 0 spiro atoms. The van der Waals surface area contributed by atoms with Crippen LogP contribution in [0.1, 0.15) is 30.4 Å². The van der Waals surface area contributed by atoms with Crippen LogP contribution in [0, 0.1) is 0 Å². The lowest BCUT2D eigenvalue weighted by atomic mass is 9.84. The predicted molar refractivity (Wildman–Crippen MR) is 80.7 cm³/mol. The first-order valence-electron chi connectivity index (χ1n) is 7.28. The van der Waals surface area contributed by atoms with E-state index in [1.54, 1.807) is 0 Å². The van der Waals surface area contributed by atoms with Crippen molar-refractivity contribution in [1.82, 2.24) is 10.6 Å². The lowest BCUT2D eigenvalue weighted by Gasteiger charge is -2.32. The summed E-state index contributed by atoms with van der Waals surface area (Å²) in [6.07, 6.45) is 0.518. The number of hydrogen-bond donors (Lipinski definition) is 2. The summed E-state index contributed by atoms with van der Waals surface area (Å²) in [6.45, 7) is 2.75. The van der Waals surface area contributed by atoms with Crippen molar-refractivity contribution in [2.24, 2.45) is 0 Å². The summed E-state index contributed by atoms with van der Waals surface area (Å²) < 4.78 is 23.0. The van der Waals surface area contributed by atoms with Crippen molar-refractivity contribution in [3.05, 3.63) is 35.4 Å². The van der Waals surface area contributed by atoms with Gasteiger partial charge < -0.3 is 10.6 Å². The van der Waals surface area contributed by atoms with Crippen molar-refractivity contribution in [2.75, 3.05) is 11.5 Å². The highest BCUT2D eigenvalue weighted by Gasteiger charge is 2.35. The van der Waals surface area contributed by atoms with Gasteiger partial charge in [0.15, 0.2) is 9.84 Å². The Morgan fingerprint density at radius 1 is 1.33 bits per heavy atom. The molecule has 1 fully saturated rings. The molecule has 2 heterocycles. The van der Waals surface area contributed by atoms with Crippen LogP contribution in [0.3, 0.4) is 0 Å². The van der Waals surface area contributed by atoms with Gasteiger partial charge in [-0.05, 0) is 24.5 Å². The molecule has 1 amide bonds. The number of fused-ring (bicyclic) bond motifs is 1. The van der Waals surface area contributed by atoms with Gasteiger partial charge in [0, 0.05) is 18.6 Å². The zero-order valence-electron chi connectivity index (χ0n) is 12.0. The van der Waals surface area contributed by atoms with Gasteiger partial charge in [-0.1, -0.05) is 24.3 Å². The Balaban J connectivity index is 1.78. The zero-order valence-corrected chi connectivity index (χ0v) is 12.8. The van der Waals surface area contributed by atoms with Crippen LogP contribution in [-0.4, -0.2) is 37.9 Å². The highest BCUT2D eigenvalue weighted by atomic mass is 32.2. The molecular weight excluding hydrogens is 288 g/mol. The molecular formula is C15H20N2O3S. The molecule has 1 saturated heterocycles. The number of nitrogens with one attached hydrogen (secondary N) is 2. The third kappa shape index (κ3) is 2.96. The summed E-state index contributed by atoms with van der Waals surface area (Å²) in [7, 11) is -2.98. The quantitative estimate of drug-likeness (QED) is 0.837. The molecule has 1 aromatic carbocycles. The Bertz CT molecular complexity index is 657. The summed E-state index contributed by atoms with van der Waals surface area (Å²) in [5.74, 6) is -0.107. The van der Waals surface area contributed by atoms with E-state index in [2.05, 4.69) is 10.6 Å². The maximum atomic E-state index is 12.6. The molecule has 1 aromatic rings. The smallest absolute Gasteiger partial charge is 0.229 e. The maximum Gasteiger partial charge on any atom is 0.229 e. The van der Waals surface area contributed by atoms with E-state index >= 15 is 0 Å². The van der Waals surface area contributed by atoms with Gasteiger partial charge in [-0.3, -0.25) is 4.79 Å². The number of carbonyl (C=O) groups is 1. The van der Waals surface area contributed by atoms with Gasteiger partial charge in [-0.25, -0.2) is 8.42 Å². The van der Waals surface area contributed by atoms with Crippen molar-refractivity contribution in [2.45, 2.75) is 37.9 Å². The molecule has 2 N–H and O–H groups in total. The molecule has 0 bridgehead atoms. The fourth-order valence-corrected chi connectivity index (χ4v) is 4.90. The summed E-state index contributed by atoms with van der Waals surface area (Å²) in [6, 6.07) is 7.71. The molecule has 114 valence electrons. The molecule has 3 atom stereocenters. The number of hydrogen-bond acceptors (Lipinski definition) is 4. The standard InChI is InChI=1S/C15H20N2O3S/c1-10-14(13-5-3-2-4-11(13)8-16-10)15(18)17-12-6-7-21(19,20)9-12/h2-5,10,12,14,16H,6-9H2,1H3,(H,17,18). The molecule has 2 aliphatic heterocycles. The van der Waals surface area contributed by atoms with E-state index in [1.165, 1.54) is 0 Å². The van der Waals surface area contributed by atoms with E-state index in [4.69, 9.17) is 0 Å². The van der Waals surface area contributed by atoms with E-state index in [0.29, 0.717) is 6.42 Å². The van der Waals surface area contributed by atoms with Crippen LogP contribution in [0.5, 0.6) is 0 Å². The summed E-state index contributed by atoms with van der Waals surface area (Å²) in [5, 5.41) is 6.25. The molecule has 0 aromatic heterocycles. The van der Waals surface area contributed by atoms with Crippen molar-refractivity contribution < 1.29 is 13.2 Å². The second-order valence-corrected chi connectivity index (χ2v) is 8.18. The largest absolute Gasteiger partial charge is 0.352 e. The first kappa shape index (κ1) is 14.5. The van der Waals surface area contributed by atoms with Gasteiger partial charge in [0.25, 0.3) is 0 Å². The Kier molecular flexibility index (Phi) is 3.75. The van der Waals surface area contributed by atoms with Gasteiger partial charge in [-0.15, -0.1) is 0 Å². The van der Waals surface area contributed by atoms with Crippen molar-refractivity contribution >= 4 is 15.7 Å². The third-order valence-corrected chi connectivity index (χ3v) is 6.13. The highest BCUT2D eigenvalue weighted by molar-refractivity contribution is 7.91. The normalized spacial score (nSPS) is 30.6. The van der Waals surface area contributed by atoms with Crippen LogP contribution in [-0.2, 0) is 21.2 Å². The predicted octanol–water partition coefficient (Wildman–Crippen LogP) is 0.565. The lowest BCUT2D eigenvalue weighted by molar-refractivity contribution is -0.123. The van der Waals surface area contributed by atoms with Crippen molar-refractivity contribution in [1.29, 1.82) is 0 Å². The SMILES string of the molecule is CC1NCc2ccccc2C1C(=O)NC1CCS(=O)(=O)C1. The molecule has 3 unspecified atom stereocenters. The topological polar surface area (TPSA) is 75.3 Å². The molecule has 0 saturated carbocycles. The van der Waals surface area contributed by atoms with E-state index in [9.17, 15) is 13.2 Å². The Hall–Kier alpha value is -1.40. The Morgan fingerprint density at radius 3 is 2.81 bits per heavy atom. The average molecular weight is 308 g/mol. The summed E-state index contributed by atoms with van der Waals surface area (Å²) >= 11 is 0. The van der Waals surface area contributed by atoms with E-state index in [-0.39, 0.29) is 35.4 Å². The number of carbonyl (C=O) groups excluding carboxylic acids is 1. The molecule has 2 aliphatic rings. The molecule has 21 heavy (non-hydrogen) atoms. The van der Waals surface area contributed by atoms with Gasteiger partial charge in [0.1, 0.15) is 0 Å². The minimum absolute atomic E-state index is 0.0397. The number of rotatable bonds is 2. The average Bonchev–Trinajstić information content (AvgIpc) is 2.77. The van der Waals surface area contributed by atoms with Crippen molar-refractivity contribution in [3.8, 4) is 0 Å². The van der Waals surface area contributed by atoms with E-state index < -0.39 is 9.84 Å². The van der Waals surface area contributed by atoms with Crippen LogP contribution in [0.25, 0.3) is 0 Å². The fraction of sp³-hybridized carbons (Fsp3) is 0.533. The van der Waals surface area contributed by atoms with Gasteiger partial charge in [-0.2, -0.15) is 0 Å². The first-order chi connectivity index (χ1) is 9.96. The van der Waals surface area contributed by atoms with Crippen molar-refractivity contribution in [3.63, 3.8) is 0 Å². The molecule has 0 aliphatic carbocycles. The fourth-order valence-electron chi connectivity index (χ4n) is 3.22. The summed E-state index contributed by atoms with van der Waals surface area (Å²) in [4.78, 5) is 12.6. The maximum absolute atomic E-state index is 12.6.